The van der Waals surface area contributed by atoms with E-state index in [1.165, 1.54) is 0 Å². The summed E-state index contributed by atoms with van der Waals surface area (Å²) in [7, 11) is 0. The highest BCUT2D eigenvalue weighted by Crippen LogP contribution is 2.35. The molecule has 1 aliphatic rings. The number of thioether (sulfide) groups is 1. The van der Waals surface area contributed by atoms with Crippen LogP contribution in [0.4, 0.5) is 0 Å². The van der Waals surface area contributed by atoms with Gasteiger partial charge < -0.3 is 11.5 Å². The van der Waals surface area contributed by atoms with E-state index < -0.39 is 0 Å². The number of piperidine rings is 1. The number of nitrogens with two attached hydrogens (primary N) is 2. The van der Waals surface area contributed by atoms with E-state index >= 15 is 0 Å². The Morgan fingerprint density at radius 1 is 1.47 bits per heavy atom. The van der Waals surface area contributed by atoms with Crippen molar-refractivity contribution >= 4 is 34.9 Å². The predicted octanol–water partition coefficient (Wildman–Crippen LogP) is 0.734. The molecular weight excluding hydrogens is 254 g/mol. The van der Waals surface area contributed by atoms with Crippen LogP contribution in [0.2, 0.25) is 0 Å². The van der Waals surface area contributed by atoms with Gasteiger partial charge in [-0.2, -0.15) is 11.8 Å². The first-order valence-electron chi connectivity index (χ1n) is 5.85. The number of hydrogen-bond acceptors (Lipinski definition) is 4. The minimum atomic E-state index is -0.237. The van der Waals surface area contributed by atoms with E-state index in [1.54, 1.807) is 11.8 Å². The van der Waals surface area contributed by atoms with Gasteiger partial charge in [0.2, 0.25) is 5.91 Å². The molecule has 98 valence electrons. The van der Waals surface area contributed by atoms with Gasteiger partial charge in [-0.1, -0.05) is 19.1 Å². The van der Waals surface area contributed by atoms with E-state index in [2.05, 4.69) is 4.90 Å². The molecule has 1 heterocycles. The zero-order chi connectivity index (χ0) is 13.1. The number of likely N-dealkylation sites (tertiary alicyclic amines) is 1. The van der Waals surface area contributed by atoms with Gasteiger partial charge in [0, 0.05) is 13.1 Å². The SMILES string of the molecule is CCC(C(N)=O)N1CCC(SC)(C(N)=S)CC1. The van der Waals surface area contributed by atoms with Gasteiger partial charge in [0.25, 0.3) is 0 Å². The van der Waals surface area contributed by atoms with Crippen molar-refractivity contribution in [2.24, 2.45) is 11.5 Å². The predicted molar refractivity (Wildman–Crippen MR) is 77.1 cm³/mol. The van der Waals surface area contributed by atoms with Crippen molar-refractivity contribution in [1.29, 1.82) is 0 Å². The zero-order valence-electron chi connectivity index (χ0n) is 10.4. The van der Waals surface area contributed by atoms with Gasteiger partial charge in [-0.3, -0.25) is 9.69 Å². The van der Waals surface area contributed by atoms with E-state index in [0.717, 1.165) is 32.4 Å². The molecule has 0 aromatic rings. The average molecular weight is 275 g/mol. The van der Waals surface area contributed by atoms with Crippen molar-refractivity contribution < 1.29 is 4.79 Å². The van der Waals surface area contributed by atoms with E-state index in [1.807, 2.05) is 13.2 Å². The summed E-state index contributed by atoms with van der Waals surface area (Å²) in [5.41, 5.74) is 11.2. The van der Waals surface area contributed by atoms with Crippen LogP contribution in [0.3, 0.4) is 0 Å². The molecule has 1 unspecified atom stereocenters. The molecule has 1 saturated heterocycles. The summed E-state index contributed by atoms with van der Waals surface area (Å²) in [6.45, 7) is 3.65. The van der Waals surface area contributed by atoms with Crippen LogP contribution < -0.4 is 11.5 Å². The molecule has 0 radical (unpaired) electrons. The molecular formula is C11H21N3OS2. The molecule has 1 amide bonds. The Morgan fingerprint density at radius 2 is 2.00 bits per heavy atom. The Balaban J connectivity index is 2.67. The normalized spacial score (nSPS) is 22.0. The largest absolute Gasteiger partial charge is 0.392 e. The van der Waals surface area contributed by atoms with Crippen molar-refractivity contribution in [2.75, 3.05) is 19.3 Å². The van der Waals surface area contributed by atoms with Gasteiger partial charge in [-0.15, -0.1) is 0 Å². The third kappa shape index (κ3) is 3.11. The van der Waals surface area contributed by atoms with Crippen LogP contribution in [0.1, 0.15) is 26.2 Å². The third-order valence-electron chi connectivity index (χ3n) is 3.60. The van der Waals surface area contributed by atoms with E-state index in [-0.39, 0.29) is 16.7 Å². The lowest BCUT2D eigenvalue weighted by Gasteiger charge is -2.42. The number of hydrogen-bond donors (Lipinski definition) is 2. The lowest BCUT2D eigenvalue weighted by atomic mass is 9.94. The molecule has 1 atom stereocenters. The first-order valence-corrected chi connectivity index (χ1v) is 7.48. The number of primary amides is 1. The molecule has 1 aliphatic heterocycles. The number of amides is 1. The van der Waals surface area contributed by atoms with Gasteiger partial charge in [0.15, 0.2) is 0 Å². The first kappa shape index (κ1) is 14.7. The maximum Gasteiger partial charge on any atom is 0.234 e. The standard InChI is InChI=1S/C11H21N3OS2/c1-3-8(9(12)15)14-6-4-11(17-2,5-7-14)10(13)16/h8H,3-7H2,1-2H3,(H2,12,15)(H2,13,16). The molecule has 1 fully saturated rings. The molecule has 1 rings (SSSR count). The van der Waals surface area contributed by atoms with Gasteiger partial charge in [0.05, 0.1) is 15.8 Å². The lowest BCUT2D eigenvalue weighted by molar-refractivity contribution is -0.123. The molecule has 17 heavy (non-hydrogen) atoms. The Hall–Kier alpha value is -0.330. The Labute approximate surface area is 112 Å². The minimum Gasteiger partial charge on any atom is -0.392 e. The topological polar surface area (TPSA) is 72.4 Å². The van der Waals surface area contributed by atoms with Crippen LogP contribution in [-0.4, -0.2) is 45.9 Å². The van der Waals surface area contributed by atoms with Crippen molar-refractivity contribution in [3.63, 3.8) is 0 Å². The smallest absolute Gasteiger partial charge is 0.234 e. The van der Waals surface area contributed by atoms with E-state index in [9.17, 15) is 4.79 Å². The Morgan fingerprint density at radius 3 is 2.29 bits per heavy atom. The quantitative estimate of drug-likeness (QED) is 0.724. The molecule has 0 spiro atoms. The summed E-state index contributed by atoms with van der Waals surface area (Å²) in [5, 5.41) is 0. The number of rotatable bonds is 5. The third-order valence-corrected chi connectivity index (χ3v) is 5.53. The molecule has 0 saturated carbocycles. The second-order valence-electron chi connectivity index (χ2n) is 4.43. The lowest BCUT2D eigenvalue weighted by Crippen LogP contribution is -2.54. The fraction of sp³-hybridized carbons (Fsp3) is 0.818. The zero-order valence-corrected chi connectivity index (χ0v) is 12.1. The molecule has 0 aromatic heterocycles. The molecule has 0 aliphatic carbocycles. The number of thiocarbonyl (C=S) groups is 1. The summed E-state index contributed by atoms with van der Waals surface area (Å²) < 4.78 is -0.0955. The van der Waals surface area contributed by atoms with Crippen LogP contribution in [0, 0.1) is 0 Å². The van der Waals surface area contributed by atoms with Crippen LogP contribution >= 0.6 is 24.0 Å². The van der Waals surface area contributed by atoms with Crippen molar-refractivity contribution in [3.8, 4) is 0 Å². The Bertz CT molecular complexity index is 301. The van der Waals surface area contributed by atoms with Crippen molar-refractivity contribution in [2.45, 2.75) is 37.0 Å². The van der Waals surface area contributed by atoms with Crippen molar-refractivity contribution in [3.05, 3.63) is 0 Å². The van der Waals surface area contributed by atoms with E-state index in [4.69, 9.17) is 23.7 Å². The fourth-order valence-corrected chi connectivity index (χ4v) is 3.63. The Kier molecular flexibility index (Phi) is 5.22. The van der Waals surface area contributed by atoms with Gasteiger partial charge >= 0.3 is 0 Å². The summed E-state index contributed by atoms with van der Waals surface area (Å²) in [6, 6.07) is -0.152. The van der Waals surface area contributed by atoms with Crippen LogP contribution in [0.15, 0.2) is 0 Å². The minimum absolute atomic E-state index is 0.0955. The van der Waals surface area contributed by atoms with E-state index in [0.29, 0.717) is 4.99 Å². The monoisotopic (exact) mass is 275 g/mol. The number of carbonyl (C=O) groups is 1. The first-order chi connectivity index (χ1) is 7.96. The fourth-order valence-electron chi connectivity index (χ4n) is 2.39. The maximum absolute atomic E-state index is 11.3. The summed E-state index contributed by atoms with van der Waals surface area (Å²) >= 11 is 6.88. The molecule has 0 aromatic carbocycles. The molecule has 6 heteroatoms. The van der Waals surface area contributed by atoms with Crippen LogP contribution in [0.25, 0.3) is 0 Å². The second kappa shape index (κ2) is 6.02. The van der Waals surface area contributed by atoms with Gasteiger partial charge in [-0.25, -0.2) is 0 Å². The molecule has 4 N–H and O–H groups in total. The van der Waals surface area contributed by atoms with Crippen molar-refractivity contribution in [1.82, 2.24) is 4.90 Å². The highest BCUT2D eigenvalue weighted by Gasteiger charge is 2.38. The van der Waals surface area contributed by atoms with Crippen LogP contribution in [0.5, 0.6) is 0 Å². The molecule has 4 nitrogen and oxygen atoms in total. The number of nitrogens with zero attached hydrogens (tertiary/aromatic N) is 1. The molecule has 0 bridgehead atoms. The number of carbonyl (C=O) groups excluding carboxylic acids is 1. The second-order valence-corrected chi connectivity index (χ2v) is 6.05. The summed E-state index contributed by atoms with van der Waals surface area (Å²) in [4.78, 5) is 14.0. The van der Waals surface area contributed by atoms with Gasteiger partial charge in [0.1, 0.15) is 0 Å². The van der Waals surface area contributed by atoms with Crippen LogP contribution in [-0.2, 0) is 4.79 Å². The average Bonchev–Trinajstić information content (AvgIpc) is 2.30. The van der Waals surface area contributed by atoms with Gasteiger partial charge in [-0.05, 0) is 25.5 Å². The highest BCUT2D eigenvalue weighted by atomic mass is 32.2. The maximum atomic E-state index is 11.3. The summed E-state index contributed by atoms with van der Waals surface area (Å²) in [5.74, 6) is -0.237. The summed E-state index contributed by atoms with van der Waals surface area (Å²) in [6.07, 6.45) is 4.59. The highest BCUT2D eigenvalue weighted by molar-refractivity contribution is 8.02.